The average Bonchev–Trinajstić information content (AvgIpc) is 3.15. The van der Waals surface area contributed by atoms with Crippen molar-refractivity contribution in [2.45, 2.75) is 53.1 Å². The van der Waals surface area contributed by atoms with Crippen LogP contribution in [0.1, 0.15) is 47.0 Å². The lowest BCUT2D eigenvalue weighted by atomic mass is 10.1. The maximum absolute atomic E-state index is 6.05. The van der Waals surface area contributed by atoms with Crippen LogP contribution in [0.5, 0.6) is 5.75 Å². The van der Waals surface area contributed by atoms with E-state index in [4.69, 9.17) is 61.6 Å². The molecule has 0 radical (unpaired) electrons. The molecule has 0 bridgehead atoms. The summed E-state index contributed by atoms with van der Waals surface area (Å²) in [6, 6.07) is 9.70. The van der Waals surface area contributed by atoms with Crippen molar-refractivity contribution in [2.24, 2.45) is 11.8 Å². The van der Waals surface area contributed by atoms with Crippen LogP contribution < -0.4 is 4.74 Å². The van der Waals surface area contributed by atoms with Gasteiger partial charge in [0.05, 0.1) is 151 Å². The van der Waals surface area contributed by atoms with Gasteiger partial charge >= 0.3 is 0 Å². The van der Waals surface area contributed by atoms with E-state index in [1.807, 2.05) is 30.3 Å². The lowest BCUT2D eigenvalue weighted by Crippen LogP contribution is -2.24. The second kappa shape index (κ2) is 40.2. The van der Waals surface area contributed by atoms with Crippen LogP contribution in [0.25, 0.3) is 0 Å². The van der Waals surface area contributed by atoms with E-state index in [0.717, 1.165) is 31.6 Å². The third-order valence-corrected chi connectivity index (χ3v) is 7.38. The Labute approximate surface area is 320 Å². The van der Waals surface area contributed by atoms with Gasteiger partial charge < -0.3 is 61.6 Å². The van der Waals surface area contributed by atoms with Gasteiger partial charge in [-0.1, -0.05) is 45.9 Å². The summed E-state index contributed by atoms with van der Waals surface area (Å²) in [6.07, 6.45) is 3.13. The molecule has 1 aromatic carbocycles. The van der Waals surface area contributed by atoms with Crippen molar-refractivity contribution in [3.8, 4) is 5.75 Å². The van der Waals surface area contributed by atoms with Gasteiger partial charge in [-0.25, -0.2) is 0 Å². The van der Waals surface area contributed by atoms with Crippen LogP contribution >= 0.6 is 0 Å². The van der Waals surface area contributed by atoms with Crippen molar-refractivity contribution in [3.05, 3.63) is 30.3 Å². The first-order chi connectivity index (χ1) is 26.1. The molecule has 13 nitrogen and oxygen atoms in total. The summed E-state index contributed by atoms with van der Waals surface area (Å²) < 4.78 is 72.9. The summed E-state index contributed by atoms with van der Waals surface area (Å²) in [4.78, 5) is 0. The van der Waals surface area contributed by atoms with Gasteiger partial charge in [0.1, 0.15) is 12.4 Å². The first-order valence-electron chi connectivity index (χ1n) is 19.7. The lowest BCUT2D eigenvalue weighted by Gasteiger charge is -2.19. The van der Waals surface area contributed by atoms with E-state index < -0.39 is 0 Å². The highest BCUT2D eigenvalue weighted by molar-refractivity contribution is 5.20. The third kappa shape index (κ3) is 38.6. The largest absolute Gasteiger partial charge is 0.491 e. The topological polar surface area (TPSA) is 120 Å². The molecule has 1 rings (SSSR count). The molecule has 0 aliphatic heterocycles. The fourth-order valence-electron chi connectivity index (χ4n) is 4.36. The van der Waals surface area contributed by atoms with Crippen molar-refractivity contribution in [2.75, 3.05) is 159 Å². The molecular weight excluding hydrogens is 688 g/mol. The molecule has 0 heterocycles. The van der Waals surface area contributed by atoms with Gasteiger partial charge in [-0.15, -0.1) is 0 Å². The van der Waals surface area contributed by atoms with Crippen LogP contribution in [-0.2, 0) is 56.8 Å². The molecular formula is C40H74O13. The molecule has 1 aromatic rings. The quantitative estimate of drug-likeness (QED) is 0.0821. The van der Waals surface area contributed by atoms with Gasteiger partial charge in [0.15, 0.2) is 0 Å². The average molecular weight is 763 g/mol. The SMILES string of the molecule is CC(C)CCOCCOCCOCCOCCOCCOCCOCC(CCC(C)C)OCCOCCOCCOCCOCCOc1ccccc1. The van der Waals surface area contributed by atoms with E-state index in [1.54, 1.807) is 0 Å². The fraction of sp³-hybridized carbons (Fsp3) is 0.850. The van der Waals surface area contributed by atoms with Gasteiger partial charge in [-0.2, -0.15) is 0 Å². The number of ether oxygens (including phenoxy) is 13. The Balaban J connectivity index is 1.83. The smallest absolute Gasteiger partial charge is 0.119 e. The van der Waals surface area contributed by atoms with E-state index in [0.29, 0.717) is 164 Å². The first kappa shape index (κ1) is 49.6. The molecule has 1 atom stereocenters. The molecule has 0 saturated carbocycles. The minimum atomic E-state index is 0.0289. The predicted octanol–water partition coefficient (Wildman–Crippen LogP) is 5.12. The molecule has 0 fully saturated rings. The third-order valence-electron chi connectivity index (χ3n) is 7.38. The summed E-state index contributed by atoms with van der Waals surface area (Å²) in [5, 5.41) is 0. The Morgan fingerprint density at radius 3 is 1.08 bits per heavy atom. The Morgan fingerprint density at radius 1 is 0.340 bits per heavy atom. The standard InChI is InChI=1S/C40H74O13/c1-37(2)10-11-40(53-35-33-50-29-27-47-23-22-46-26-28-49-32-34-52-39-8-6-5-7-9-39)36-51-31-30-48-25-24-45-21-20-44-19-18-43-17-16-42-15-14-41-13-12-38(3)4/h5-9,37-38,40H,10-36H2,1-4H3. The summed E-state index contributed by atoms with van der Waals surface area (Å²) in [7, 11) is 0. The van der Waals surface area contributed by atoms with Gasteiger partial charge in [-0.05, 0) is 43.2 Å². The molecule has 0 aliphatic rings. The Hall–Kier alpha value is -1.46. The van der Waals surface area contributed by atoms with Crippen molar-refractivity contribution in [3.63, 3.8) is 0 Å². The Bertz CT molecular complexity index is 834. The van der Waals surface area contributed by atoms with E-state index in [1.165, 1.54) is 0 Å². The van der Waals surface area contributed by atoms with Crippen molar-refractivity contribution < 1.29 is 61.6 Å². The van der Waals surface area contributed by atoms with Crippen LogP contribution in [0, 0.1) is 11.8 Å². The van der Waals surface area contributed by atoms with Crippen LogP contribution in [0.2, 0.25) is 0 Å². The highest BCUT2D eigenvalue weighted by Crippen LogP contribution is 2.10. The summed E-state index contributed by atoms with van der Waals surface area (Å²) in [6.45, 7) is 21.8. The van der Waals surface area contributed by atoms with E-state index >= 15 is 0 Å². The molecule has 0 spiro atoms. The lowest BCUT2D eigenvalue weighted by molar-refractivity contribution is -0.0597. The maximum Gasteiger partial charge on any atom is 0.119 e. The molecule has 0 aliphatic carbocycles. The number of hydrogen-bond donors (Lipinski definition) is 0. The zero-order valence-electron chi connectivity index (χ0n) is 33.5. The van der Waals surface area contributed by atoms with Crippen molar-refractivity contribution in [1.29, 1.82) is 0 Å². The summed E-state index contributed by atoms with van der Waals surface area (Å²) in [5.41, 5.74) is 0. The van der Waals surface area contributed by atoms with Crippen LogP contribution in [-0.4, -0.2) is 165 Å². The van der Waals surface area contributed by atoms with E-state index in [2.05, 4.69) is 27.7 Å². The second-order valence-corrected chi connectivity index (χ2v) is 13.0. The maximum atomic E-state index is 6.05. The minimum Gasteiger partial charge on any atom is -0.491 e. The Morgan fingerprint density at radius 2 is 0.679 bits per heavy atom. The minimum absolute atomic E-state index is 0.0289. The monoisotopic (exact) mass is 763 g/mol. The second-order valence-electron chi connectivity index (χ2n) is 13.0. The summed E-state index contributed by atoms with van der Waals surface area (Å²) in [5.74, 6) is 2.11. The number of para-hydroxylation sites is 1. The molecule has 312 valence electrons. The highest BCUT2D eigenvalue weighted by Gasteiger charge is 2.11. The highest BCUT2D eigenvalue weighted by atomic mass is 16.6. The van der Waals surface area contributed by atoms with Crippen LogP contribution in [0.15, 0.2) is 30.3 Å². The molecule has 0 aromatic heterocycles. The first-order valence-corrected chi connectivity index (χ1v) is 19.7. The Kier molecular flexibility index (Phi) is 37.6. The molecule has 0 amide bonds. The molecule has 1 unspecified atom stereocenters. The fourth-order valence-corrected chi connectivity index (χ4v) is 4.36. The van der Waals surface area contributed by atoms with E-state index in [9.17, 15) is 0 Å². The zero-order chi connectivity index (χ0) is 38.1. The zero-order valence-corrected chi connectivity index (χ0v) is 33.5. The number of rotatable bonds is 43. The van der Waals surface area contributed by atoms with Crippen LogP contribution in [0.3, 0.4) is 0 Å². The normalized spacial score (nSPS) is 12.3. The van der Waals surface area contributed by atoms with Crippen molar-refractivity contribution >= 4 is 0 Å². The van der Waals surface area contributed by atoms with E-state index in [-0.39, 0.29) is 6.10 Å². The number of hydrogen-bond acceptors (Lipinski definition) is 13. The molecule has 53 heavy (non-hydrogen) atoms. The van der Waals surface area contributed by atoms with Gasteiger partial charge in [0.25, 0.3) is 0 Å². The van der Waals surface area contributed by atoms with Crippen LogP contribution in [0.4, 0.5) is 0 Å². The molecule has 13 heteroatoms. The molecule has 0 N–H and O–H groups in total. The summed E-state index contributed by atoms with van der Waals surface area (Å²) >= 11 is 0. The van der Waals surface area contributed by atoms with Crippen molar-refractivity contribution in [1.82, 2.24) is 0 Å². The number of benzene rings is 1. The van der Waals surface area contributed by atoms with Gasteiger partial charge in [0, 0.05) is 6.61 Å². The van der Waals surface area contributed by atoms with Gasteiger partial charge in [-0.3, -0.25) is 0 Å². The predicted molar refractivity (Wildman–Crippen MR) is 204 cm³/mol. The molecule has 0 saturated heterocycles. The van der Waals surface area contributed by atoms with Gasteiger partial charge in [0.2, 0.25) is 0 Å².